The Morgan fingerprint density at radius 1 is 1.00 bits per heavy atom. The van der Waals surface area contributed by atoms with E-state index in [0.29, 0.717) is 11.8 Å². The summed E-state index contributed by atoms with van der Waals surface area (Å²) in [5.41, 5.74) is 4.72. The van der Waals surface area contributed by atoms with E-state index in [4.69, 9.17) is 0 Å². The van der Waals surface area contributed by atoms with Crippen molar-refractivity contribution in [3.63, 3.8) is 0 Å². The van der Waals surface area contributed by atoms with E-state index in [1.165, 1.54) is 16.7 Å². The van der Waals surface area contributed by atoms with Crippen LogP contribution in [0.1, 0.15) is 77.0 Å². The summed E-state index contributed by atoms with van der Waals surface area (Å²) in [5, 5.41) is 0. The summed E-state index contributed by atoms with van der Waals surface area (Å²) in [7, 11) is 0. The van der Waals surface area contributed by atoms with Gasteiger partial charge >= 0.3 is 0 Å². The molecule has 0 unspecified atom stereocenters. The lowest BCUT2D eigenvalue weighted by atomic mass is 9.76. The van der Waals surface area contributed by atoms with Crippen LogP contribution in [0.15, 0.2) is 17.1 Å². The third kappa shape index (κ3) is 3.33. The number of aliphatic imine (C=N–C) groups is 1. The van der Waals surface area contributed by atoms with Gasteiger partial charge in [0.15, 0.2) is 0 Å². The van der Waals surface area contributed by atoms with E-state index in [0.717, 1.165) is 5.69 Å². The van der Waals surface area contributed by atoms with Crippen molar-refractivity contribution in [2.75, 3.05) is 0 Å². The third-order valence-corrected chi connectivity index (χ3v) is 3.39. The zero-order chi connectivity index (χ0) is 14.8. The van der Waals surface area contributed by atoms with Crippen LogP contribution in [0.4, 0.5) is 5.69 Å². The van der Waals surface area contributed by atoms with Crippen LogP contribution in [0.5, 0.6) is 0 Å². The first-order chi connectivity index (χ1) is 8.70. The molecule has 1 aromatic carbocycles. The van der Waals surface area contributed by atoms with Crippen molar-refractivity contribution < 1.29 is 4.79 Å². The maximum atomic E-state index is 10.6. The molecule has 104 valence electrons. The minimum absolute atomic E-state index is 0.0899. The molecule has 0 heterocycles. The minimum Gasteiger partial charge on any atom is -0.211 e. The van der Waals surface area contributed by atoms with Gasteiger partial charge in [0.1, 0.15) is 0 Å². The first-order valence-electron chi connectivity index (χ1n) is 6.95. The second-order valence-corrected chi connectivity index (χ2v) is 6.72. The fraction of sp³-hybridized carbons (Fsp3) is 0.588. The summed E-state index contributed by atoms with van der Waals surface area (Å²) in [4.78, 5) is 14.5. The average molecular weight is 259 g/mol. The van der Waals surface area contributed by atoms with E-state index >= 15 is 0 Å². The lowest BCUT2D eigenvalue weighted by Crippen LogP contribution is -2.17. The van der Waals surface area contributed by atoms with Crippen LogP contribution in [-0.2, 0) is 10.2 Å². The molecule has 2 heteroatoms. The van der Waals surface area contributed by atoms with Crippen molar-refractivity contribution in [1.29, 1.82) is 0 Å². The van der Waals surface area contributed by atoms with Crippen LogP contribution in [-0.4, -0.2) is 6.08 Å². The number of hydrogen-bond acceptors (Lipinski definition) is 2. The Kier molecular flexibility index (Phi) is 4.70. The Hall–Kier alpha value is -1.40. The van der Waals surface area contributed by atoms with Gasteiger partial charge in [-0.25, -0.2) is 4.79 Å². The number of hydrogen-bond donors (Lipinski definition) is 0. The monoisotopic (exact) mass is 259 g/mol. The van der Waals surface area contributed by atoms with Gasteiger partial charge in [-0.05, 0) is 40.0 Å². The quantitative estimate of drug-likeness (QED) is 0.542. The largest absolute Gasteiger partial charge is 0.240 e. The molecule has 0 radical (unpaired) electrons. The van der Waals surface area contributed by atoms with E-state index in [9.17, 15) is 4.79 Å². The molecule has 0 atom stereocenters. The van der Waals surface area contributed by atoms with Crippen LogP contribution in [0.2, 0.25) is 0 Å². The number of nitrogens with zero attached hydrogens (tertiary/aromatic N) is 1. The van der Waals surface area contributed by atoms with Crippen molar-refractivity contribution in [2.24, 2.45) is 4.99 Å². The SMILES string of the molecule is CC(C)c1c(N=C=O)ccc(C(C)(C)C)c1C(C)C. The first-order valence-corrected chi connectivity index (χ1v) is 6.95. The summed E-state index contributed by atoms with van der Waals surface area (Å²) >= 11 is 0. The molecule has 2 nitrogen and oxygen atoms in total. The molecule has 0 N–H and O–H groups in total. The highest BCUT2D eigenvalue weighted by Crippen LogP contribution is 2.40. The van der Waals surface area contributed by atoms with Crippen molar-refractivity contribution in [3.8, 4) is 0 Å². The molecule has 0 aliphatic rings. The zero-order valence-electron chi connectivity index (χ0n) is 13.2. The summed E-state index contributed by atoms with van der Waals surface area (Å²) in [6.45, 7) is 15.4. The number of rotatable bonds is 3. The van der Waals surface area contributed by atoms with Gasteiger partial charge in [-0.1, -0.05) is 54.5 Å². The average Bonchev–Trinajstić information content (AvgIpc) is 2.26. The highest BCUT2D eigenvalue weighted by molar-refractivity contribution is 5.61. The van der Waals surface area contributed by atoms with Gasteiger partial charge in [-0.2, -0.15) is 4.99 Å². The normalized spacial score (nSPS) is 11.8. The molecule has 1 rings (SSSR count). The smallest absolute Gasteiger partial charge is 0.211 e. The van der Waals surface area contributed by atoms with Crippen LogP contribution < -0.4 is 0 Å². The molecule has 0 fully saturated rings. The molecule has 0 bridgehead atoms. The van der Waals surface area contributed by atoms with Gasteiger partial charge in [-0.3, -0.25) is 0 Å². The van der Waals surface area contributed by atoms with E-state index in [2.05, 4.69) is 59.5 Å². The Balaban J connectivity index is 3.73. The van der Waals surface area contributed by atoms with Crippen molar-refractivity contribution in [3.05, 3.63) is 28.8 Å². The first kappa shape index (κ1) is 15.7. The maximum absolute atomic E-state index is 10.6. The topological polar surface area (TPSA) is 29.4 Å². The predicted molar refractivity (Wildman–Crippen MR) is 81.1 cm³/mol. The van der Waals surface area contributed by atoms with Gasteiger partial charge < -0.3 is 0 Å². The summed E-state index contributed by atoms with van der Waals surface area (Å²) < 4.78 is 0. The molecular formula is C17H25NO. The number of benzene rings is 1. The van der Waals surface area contributed by atoms with Gasteiger partial charge in [-0.15, -0.1) is 0 Å². The summed E-state index contributed by atoms with van der Waals surface area (Å²) in [5.74, 6) is 0.750. The molecule has 0 saturated heterocycles. The second-order valence-electron chi connectivity index (χ2n) is 6.72. The maximum Gasteiger partial charge on any atom is 0.240 e. The van der Waals surface area contributed by atoms with Crippen molar-refractivity contribution >= 4 is 11.8 Å². The van der Waals surface area contributed by atoms with E-state index in [-0.39, 0.29) is 5.41 Å². The van der Waals surface area contributed by atoms with Gasteiger partial charge in [0.25, 0.3) is 0 Å². The molecule has 0 aromatic heterocycles. The molecule has 0 spiro atoms. The number of carbonyl (C=O) groups excluding carboxylic acids is 1. The summed E-state index contributed by atoms with van der Waals surface area (Å²) in [6.07, 6.45) is 1.68. The minimum atomic E-state index is 0.0899. The Bertz CT molecular complexity index is 501. The fourth-order valence-corrected chi connectivity index (χ4v) is 2.65. The highest BCUT2D eigenvalue weighted by atomic mass is 16.1. The van der Waals surface area contributed by atoms with Gasteiger partial charge in [0, 0.05) is 0 Å². The fourth-order valence-electron chi connectivity index (χ4n) is 2.65. The molecule has 0 saturated carbocycles. The Morgan fingerprint density at radius 2 is 1.53 bits per heavy atom. The standard InChI is InChI=1S/C17H25NO/c1-11(2)15-13(17(5,6)7)8-9-14(18-10-19)16(15)12(3)4/h8-9,11-12H,1-7H3. The van der Waals surface area contributed by atoms with Crippen LogP contribution >= 0.6 is 0 Å². The molecule has 1 aromatic rings. The van der Waals surface area contributed by atoms with Crippen LogP contribution in [0, 0.1) is 0 Å². The molecule has 0 amide bonds. The molecule has 0 aliphatic heterocycles. The van der Waals surface area contributed by atoms with E-state index < -0.39 is 0 Å². The van der Waals surface area contributed by atoms with Crippen molar-refractivity contribution in [2.45, 2.75) is 65.7 Å². The van der Waals surface area contributed by atoms with Gasteiger partial charge in [0.05, 0.1) is 5.69 Å². The van der Waals surface area contributed by atoms with Crippen LogP contribution in [0.25, 0.3) is 0 Å². The lowest BCUT2D eigenvalue weighted by molar-refractivity contribution is 0.565. The third-order valence-electron chi connectivity index (χ3n) is 3.39. The highest BCUT2D eigenvalue weighted by Gasteiger charge is 2.24. The van der Waals surface area contributed by atoms with Crippen LogP contribution in [0.3, 0.4) is 0 Å². The zero-order valence-corrected chi connectivity index (χ0v) is 13.2. The van der Waals surface area contributed by atoms with E-state index in [1.54, 1.807) is 6.08 Å². The lowest BCUT2D eigenvalue weighted by Gasteiger charge is -2.29. The Morgan fingerprint density at radius 3 is 1.89 bits per heavy atom. The summed E-state index contributed by atoms with van der Waals surface area (Å²) in [6, 6.07) is 4.06. The van der Waals surface area contributed by atoms with E-state index in [1.807, 2.05) is 6.07 Å². The van der Waals surface area contributed by atoms with Crippen molar-refractivity contribution in [1.82, 2.24) is 0 Å². The number of isocyanates is 1. The van der Waals surface area contributed by atoms with Gasteiger partial charge in [0.2, 0.25) is 6.08 Å². The molecule has 19 heavy (non-hydrogen) atoms. The predicted octanol–water partition coefficient (Wildman–Crippen LogP) is 5.20. The molecular weight excluding hydrogens is 234 g/mol. The Labute approximate surface area is 117 Å². The molecule has 0 aliphatic carbocycles. The second kappa shape index (κ2) is 5.71.